The summed E-state index contributed by atoms with van der Waals surface area (Å²) in [5.41, 5.74) is -0.306. The molecule has 8 heteroatoms. The van der Waals surface area contributed by atoms with Crippen molar-refractivity contribution in [2.75, 3.05) is 26.9 Å². The van der Waals surface area contributed by atoms with Crippen LogP contribution in [0.2, 0.25) is 0 Å². The van der Waals surface area contributed by atoms with Crippen molar-refractivity contribution in [2.45, 2.75) is 29.9 Å². The number of aliphatic hydroxyl groups is 2. The van der Waals surface area contributed by atoms with E-state index in [4.69, 9.17) is 9.47 Å². The summed E-state index contributed by atoms with van der Waals surface area (Å²) in [6.07, 6.45) is -0.330. The first-order chi connectivity index (χ1) is 10.9. The summed E-state index contributed by atoms with van der Waals surface area (Å²) in [5.74, 6) is 0.704. The van der Waals surface area contributed by atoms with Crippen molar-refractivity contribution in [1.82, 2.24) is 4.31 Å². The van der Waals surface area contributed by atoms with Gasteiger partial charge in [-0.25, -0.2) is 0 Å². The van der Waals surface area contributed by atoms with Crippen LogP contribution < -0.4 is 4.74 Å². The van der Waals surface area contributed by atoms with Gasteiger partial charge in [-0.3, -0.25) is 0 Å². The normalized spacial score (nSPS) is 37.0. The first kappa shape index (κ1) is 16.8. The van der Waals surface area contributed by atoms with E-state index in [1.54, 1.807) is 19.2 Å². The van der Waals surface area contributed by atoms with Gasteiger partial charge in [-0.15, -0.1) is 4.31 Å². The Kier molecular flexibility index (Phi) is 4.47. The van der Waals surface area contributed by atoms with Crippen molar-refractivity contribution >= 4 is 10.4 Å². The van der Waals surface area contributed by atoms with E-state index in [0.29, 0.717) is 5.75 Å². The minimum atomic E-state index is -3.59. The van der Waals surface area contributed by atoms with Gasteiger partial charge in [0.2, 0.25) is 0 Å². The SMILES string of the molecule is COc1ccc(CN2C[C@]3(CO)OC(CO)C[C@H]3[S+]2(=O)[O-])cc1. The Hall–Kier alpha value is -1.03. The fraction of sp³-hybridized carbons (Fsp3) is 0.600. The van der Waals surface area contributed by atoms with E-state index in [-0.39, 0.29) is 32.7 Å². The van der Waals surface area contributed by atoms with Crippen LogP contribution in [0.4, 0.5) is 0 Å². The van der Waals surface area contributed by atoms with Crippen LogP contribution in [0, 0.1) is 0 Å². The van der Waals surface area contributed by atoms with E-state index in [1.165, 1.54) is 4.31 Å². The quantitative estimate of drug-likeness (QED) is 0.726. The number of rotatable bonds is 5. The number of sulfonamides is 1. The third-order valence-corrected chi connectivity index (χ3v) is 6.94. The Labute approximate surface area is 136 Å². The standard InChI is InChI=1S/C15H21NO6S/c1-21-12-4-2-11(3-5-12)7-16-9-15(10-18)14(23(16,19)20)6-13(8-17)22-15/h2-5,13-14,17-18H,6-10H2,1H3/t13?,14-,15-/m1/s1. The second kappa shape index (κ2) is 6.12. The Morgan fingerprint density at radius 3 is 2.65 bits per heavy atom. The molecule has 2 unspecified atom stereocenters. The maximum atomic E-state index is 12.8. The number of ether oxygens (including phenoxy) is 2. The van der Waals surface area contributed by atoms with Crippen LogP contribution in [0.3, 0.4) is 0 Å². The van der Waals surface area contributed by atoms with Gasteiger partial charge < -0.3 is 24.2 Å². The third-order valence-electron chi connectivity index (χ3n) is 4.62. The first-order valence-corrected chi connectivity index (χ1v) is 8.97. The highest BCUT2D eigenvalue weighted by atomic mass is 32.3. The van der Waals surface area contributed by atoms with Gasteiger partial charge in [0.1, 0.15) is 16.1 Å². The van der Waals surface area contributed by atoms with E-state index < -0.39 is 27.4 Å². The number of methoxy groups -OCH3 is 1. The zero-order valence-corrected chi connectivity index (χ0v) is 13.7. The van der Waals surface area contributed by atoms with Gasteiger partial charge in [0, 0.05) is 6.42 Å². The van der Waals surface area contributed by atoms with Gasteiger partial charge in [0.25, 0.3) is 0 Å². The van der Waals surface area contributed by atoms with E-state index in [0.717, 1.165) is 5.56 Å². The van der Waals surface area contributed by atoms with Gasteiger partial charge in [0.05, 0.1) is 39.5 Å². The summed E-state index contributed by atoms with van der Waals surface area (Å²) in [7, 11) is -2.02. The molecule has 2 saturated heterocycles. The molecular weight excluding hydrogens is 322 g/mol. The number of hydrogen-bond donors (Lipinski definition) is 2. The minimum Gasteiger partial charge on any atom is -0.597 e. The molecule has 0 radical (unpaired) electrons. The van der Waals surface area contributed by atoms with Crippen LogP contribution >= 0.6 is 0 Å². The summed E-state index contributed by atoms with van der Waals surface area (Å²) in [5, 5.41) is 18.1. The molecule has 1 aromatic carbocycles. The van der Waals surface area contributed by atoms with E-state index in [1.807, 2.05) is 12.1 Å². The Morgan fingerprint density at radius 2 is 2.13 bits per heavy atom. The number of fused-ring (bicyclic) bond motifs is 1. The van der Waals surface area contributed by atoms with Crippen LogP contribution in [0.15, 0.2) is 24.3 Å². The van der Waals surface area contributed by atoms with Gasteiger partial charge in [-0.1, -0.05) is 16.3 Å². The van der Waals surface area contributed by atoms with E-state index in [9.17, 15) is 19.0 Å². The average molecular weight is 343 g/mol. The molecule has 23 heavy (non-hydrogen) atoms. The first-order valence-electron chi connectivity index (χ1n) is 7.46. The maximum absolute atomic E-state index is 12.8. The van der Waals surface area contributed by atoms with Gasteiger partial charge in [-0.05, 0) is 17.7 Å². The molecule has 128 valence electrons. The second-order valence-corrected chi connectivity index (χ2v) is 8.15. The largest absolute Gasteiger partial charge is 0.597 e. The molecule has 2 fully saturated rings. The molecule has 2 aliphatic heterocycles. The molecule has 2 heterocycles. The molecule has 4 atom stereocenters. The van der Waals surface area contributed by atoms with Crippen molar-refractivity contribution < 1.29 is 28.4 Å². The minimum absolute atomic E-state index is 0.0963. The second-order valence-electron chi connectivity index (χ2n) is 6.03. The monoisotopic (exact) mass is 343 g/mol. The van der Waals surface area contributed by atoms with Crippen LogP contribution in [-0.4, -0.2) is 62.9 Å². The average Bonchev–Trinajstić information content (AvgIpc) is 3.03. The van der Waals surface area contributed by atoms with Gasteiger partial charge >= 0.3 is 0 Å². The fourth-order valence-corrected chi connectivity index (χ4v) is 5.68. The number of hydrogen-bond acceptors (Lipinski definition) is 6. The van der Waals surface area contributed by atoms with Gasteiger partial charge in [-0.2, -0.15) is 0 Å². The summed E-state index contributed by atoms with van der Waals surface area (Å²) in [6, 6.07) is 7.18. The lowest BCUT2D eigenvalue weighted by Crippen LogP contribution is -2.44. The topological polar surface area (TPSA) is 102 Å². The number of nitrogens with zero attached hydrogens (tertiary/aromatic N) is 1. The van der Waals surface area contributed by atoms with E-state index >= 15 is 0 Å². The predicted octanol–water partition coefficient (Wildman–Crippen LogP) is -0.0634. The lowest BCUT2D eigenvalue weighted by atomic mass is 10.00. The third kappa shape index (κ3) is 2.79. The molecule has 2 aliphatic rings. The smallest absolute Gasteiger partial charge is 0.172 e. The lowest BCUT2D eigenvalue weighted by Gasteiger charge is -2.23. The molecule has 0 saturated carbocycles. The van der Waals surface area contributed by atoms with Crippen molar-refractivity contribution in [3.05, 3.63) is 29.8 Å². The molecule has 3 rings (SSSR count). The Morgan fingerprint density at radius 1 is 1.43 bits per heavy atom. The molecular formula is C15H21NO6S. The summed E-state index contributed by atoms with van der Waals surface area (Å²) in [4.78, 5) is 0. The van der Waals surface area contributed by atoms with Crippen LogP contribution in [0.25, 0.3) is 0 Å². The summed E-state index contributed by atoms with van der Waals surface area (Å²) < 4.78 is 37.6. The zero-order valence-electron chi connectivity index (χ0n) is 12.9. The highest BCUT2D eigenvalue weighted by Gasteiger charge is 2.66. The van der Waals surface area contributed by atoms with Crippen molar-refractivity contribution in [1.29, 1.82) is 0 Å². The highest BCUT2D eigenvalue weighted by molar-refractivity contribution is 7.96. The summed E-state index contributed by atoms with van der Waals surface area (Å²) in [6.45, 7) is -0.310. The number of benzene rings is 1. The molecule has 2 N–H and O–H groups in total. The lowest BCUT2D eigenvalue weighted by molar-refractivity contribution is -0.0849. The summed E-state index contributed by atoms with van der Waals surface area (Å²) >= 11 is 0. The predicted molar refractivity (Wildman–Crippen MR) is 82.4 cm³/mol. The van der Waals surface area contributed by atoms with Crippen LogP contribution in [-0.2, 0) is 25.9 Å². The maximum Gasteiger partial charge on any atom is 0.172 e. The van der Waals surface area contributed by atoms with Crippen LogP contribution in [0.5, 0.6) is 5.75 Å². The molecule has 0 spiro atoms. The Balaban J connectivity index is 1.81. The fourth-order valence-electron chi connectivity index (χ4n) is 3.39. The van der Waals surface area contributed by atoms with E-state index in [2.05, 4.69) is 0 Å². The molecule has 1 aromatic rings. The molecule has 0 aliphatic carbocycles. The number of aliphatic hydroxyl groups excluding tert-OH is 2. The van der Waals surface area contributed by atoms with Crippen molar-refractivity contribution in [3.8, 4) is 5.75 Å². The Bertz CT molecular complexity index is 608. The molecule has 0 bridgehead atoms. The molecule has 0 aromatic heterocycles. The van der Waals surface area contributed by atoms with Crippen molar-refractivity contribution in [2.24, 2.45) is 0 Å². The zero-order chi connectivity index (χ0) is 16.7. The molecule has 0 amide bonds. The highest BCUT2D eigenvalue weighted by Crippen LogP contribution is 2.46. The van der Waals surface area contributed by atoms with Gasteiger partial charge in [0.15, 0.2) is 10.9 Å². The molecule has 7 nitrogen and oxygen atoms in total. The van der Waals surface area contributed by atoms with Crippen LogP contribution in [0.1, 0.15) is 12.0 Å². The van der Waals surface area contributed by atoms with Crippen molar-refractivity contribution in [3.63, 3.8) is 0 Å².